The summed E-state index contributed by atoms with van der Waals surface area (Å²) in [5.41, 5.74) is 7.86. The molecule has 6 heterocycles. The van der Waals surface area contributed by atoms with Crippen LogP contribution in [0.25, 0.3) is 46.4 Å². The number of hydrogen-bond acceptors (Lipinski definition) is 3. The van der Waals surface area contributed by atoms with E-state index in [1.54, 1.807) is 12.4 Å². The third-order valence-electron chi connectivity index (χ3n) is 4.61. The second kappa shape index (κ2) is 9.39. The third-order valence-corrected chi connectivity index (χ3v) is 4.61. The van der Waals surface area contributed by atoms with Gasteiger partial charge < -0.3 is 9.97 Å². The zero-order valence-electron chi connectivity index (χ0n) is 16.5. The third kappa shape index (κ3) is 5.25. The molecule has 4 aromatic heterocycles. The van der Waals surface area contributed by atoms with Crippen LogP contribution in [0, 0.1) is 0 Å². The van der Waals surface area contributed by atoms with Crippen molar-refractivity contribution in [2.24, 2.45) is 0 Å². The molecule has 2 aliphatic heterocycles. The summed E-state index contributed by atoms with van der Waals surface area (Å²) in [7, 11) is 0. The Morgan fingerprint density at radius 3 is 1.29 bits per heavy atom. The molecule has 0 aliphatic carbocycles. The van der Waals surface area contributed by atoms with Gasteiger partial charge in [0.25, 0.3) is 0 Å². The Morgan fingerprint density at radius 1 is 0.484 bits per heavy atom. The SMILES string of the molecule is C1=Cc2cc3ccc(cc4ccc(cc5nc(cc1n2)C=C5)[nH]4)[nH]3.[Cu].c1ccncc1. The van der Waals surface area contributed by atoms with Gasteiger partial charge in [0.15, 0.2) is 0 Å². The van der Waals surface area contributed by atoms with Crippen molar-refractivity contribution in [1.29, 1.82) is 0 Å². The van der Waals surface area contributed by atoms with Gasteiger partial charge in [-0.15, -0.1) is 0 Å². The molecule has 8 bridgehead atoms. The van der Waals surface area contributed by atoms with Crippen LogP contribution in [0.15, 0.2) is 79.1 Å². The molecule has 0 saturated heterocycles. The van der Waals surface area contributed by atoms with Gasteiger partial charge in [0, 0.05) is 51.5 Å². The van der Waals surface area contributed by atoms with Gasteiger partial charge in [-0.1, -0.05) is 6.07 Å². The van der Waals surface area contributed by atoms with E-state index < -0.39 is 0 Å². The zero-order chi connectivity index (χ0) is 20.2. The summed E-state index contributed by atoms with van der Waals surface area (Å²) in [6.45, 7) is 0. The first-order valence-corrected chi connectivity index (χ1v) is 9.70. The fourth-order valence-corrected chi connectivity index (χ4v) is 3.26. The maximum Gasteiger partial charge on any atom is 0.0659 e. The van der Waals surface area contributed by atoms with Gasteiger partial charge in [0.1, 0.15) is 0 Å². The second-order valence-corrected chi connectivity index (χ2v) is 6.93. The van der Waals surface area contributed by atoms with Gasteiger partial charge in [0.05, 0.1) is 22.8 Å². The predicted octanol–water partition coefficient (Wildman–Crippen LogP) is 5.73. The van der Waals surface area contributed by atoms with Crippen LogP contribution in [0.1, 0.15) is 22.8 Å². The molecule has 0 aromatic carbocycles. The first-order valence-electron chi connectivity index (χ1n) is 9.70. The molecule has 0 amide bonds. The monoisotopic (exact) mass is 452 g/mol. The molecule has 0 saturated carbocycles. The number of nitrogens with one attached hydrogen (secondary N) is 2. The summed E-state index contributed by atoms with van der Waals surface area (Å²) in [5.74, 6) is 0. The van der Waals surface area contributed by atoms with Crippen molar-refractivity contribution in [1.82, 2.24) is 24.9 Å². The van der Waals surface area contributed by atoms with Crippen molar-refractivity contribution in [2.75, 3.05) is 0 Å². The normalized spacial score (nSPS) is 11.4. The zero-order valence-corrected chi connectivity index (χ0v) is 17.4. The summed E-state index contributed by atoms with van der Waals surface area (Å²) in [5, 5.41) is 0. The van der Waals surface area contributed by atoms with Crippen molar-refractivity contribution >= 4 is 46.4 Å². The van der Waals surface area contributed by atoms with Crippen molar-refractivity contribution in [3.63, 3.8) is 0 Å². The quantitative estimate of drug-likeness (QED) is 0.289. The van der Waals surface area contributed by atoms with Gasteiger partial charge in [-0.25, -0.2) is 9.97 Å². The van der Waals surface area contributed by atoms with Crippen LogP contribution < -0.4 is 0 Å². The number of aromatic nitrogens is 5. The summed E-state index contributed by atoms with van der Waals surface area (Å²) in [6.07, 6.45) is 11.5. The Morgan fingerprint density at radius 2 is 0.903 bits per heavy atom. The van der Waals surface area contributed by atoms with E-state index in [1.807, 2.05) is 60.7 Å². The fraction of sp³-hybridized carbons (Fsp3) is 0. The minimum atomic E-state index is 0. The molecule has 0 fully saturated rings. The standard InChI is InChI=1S/C20H14N4.C5H5N.Cu/c1-2-14-10-16-5-6-18(23-16)12-20-8-7-19(24-20)11-17-4-3-15(22-17)9-13(1)21-14;1-2-4-6-5-3-1;/h1-12,21-22H;1-5H;. The topological polar surface area (TPSA) is 70.2 Å². The van der Waals surface area contributed by atoms with E-state index in [-0.39, 0.29) is 17.1 Å². The number of H-pyrrole nitrogens is 2. The van der Waals surface area contributed by atoms with Gasteiger partial charge in [-0.05, 0) is 85.0 Å². The molecule has 0 atom stereocenters. The number of fused-ring (bicyclic) bond motifs is 8. The van der Waals surface area contributed by atoms with Crippen LogP contribution in [0.3, 0.4) is 0 Å². The van der Waals surface area contributed by atoms with Gasteiger partial charge in [0.2, 0.25) is 0 Å². The molecule has 155 valence electrons. The van der Waals surface area contributed by atoms with E-state index in [9.17, 15) is 0 Å². The number of nitrogens with zero attached hydrogens (tertiary/aromatic N) is 3. The van der Waals surface area contributed by atoms with Crippen LogP contribution >= 0.6 is 0 Å². The molecule has 0 spiro atoms. The van der Waals surface area contributed by atoms with E-state index in [0.29, 0.717) is 0 Å². The fourth-order valence-electron chi connectivity index (χ4n) is 3.26. The summed E-state index contributed by atoms with van der Waals surface area (Å²) >= 11 is 0. The molecule has 1 radical (unpaired) electrons. The number of pyridine rings is 1. The Labute approximate surface area is 190 Å². The Balaban J connectivity index is 0.000000288. The molecule has 4 aromatic rings. The number of hydrogen-bond donors (Lipinski definition) is 2. The molecular formula is C25H19CuN5. The molecule has 31 heavy (non-hydrogen) atoms. The molecule has 6 heteroatoms. The van der Waals surface area contributed by atoms with E-state index in [0.717, 1.165) is 44.8 Å². The molecule has 0 unspecified atom stereocenters. The Bertz CT molecular complexity index is 1280. The smallest absolute Gasteiger partial charge is 0.0659 e. The minimum Gasteiger partial charge on any atom is -0.355 e. The summed E-state index contributed by atoms with van der Waals surface area (Å²) in [4.78, 5) is 19.8. The first kappa shape index (κ1) is 20.5. The number of aromatic amines is 2. The van der Waals surface area contributed by atoms with Crippen molar-refractivity contribution in [2.45, 2.75) is 0 Å². The van der Waals surface area contributed by atoms with E-state index >= 15 is 0 Å². The maximum absolute atomic E-state index is 4.62. The summed E-state index contributed by atoms with van der Waals surface area (Å²) < 4.78 is 0. The van der Waals surface area contributed by atoms with Crippen LogP contribution in [0.4, 0.5) is 0 Å². The van der Waals surface area contributed by atoms with Crippen LogP contribution in [-0.2, 0) is 17.1 Å². The predicted molar refractivity (Wildman–Crippen MR) is 123 cm³/mol. The minimum absolute atomic E-state index is 0. The van der Waals surface area contributed by atoms with Crippen LogP contribution in [0.5, 0.6) is 0 Å². The number of rotatable bonds is 0. The first-order chi connectivity index (χ1) is 14.8. The second-order valence-electron chi connectivity index (χ2n) is 6.93. The van der Waals surface area contributed by atoms with Gasteiger partial charge >= 0.3 is 0 Å². The van der Waals surface area contributed by atoms with E-state index in [1.165, 1.54) is 0 Å². The maximum atomic E-state index is 4.62. The Hall–Kier alpha value is -3.73. The summed E-state index contributed by atoms with van der Waals surface area (Å²) in [6, 6.07) is 22.1. The van der Waals surface area contributed by atoms with Crippen molar-refractivity contribution < 1.29 is 17.1 Å². The Kier molecular flexibility index (Phi) is 6.22. The van der Waals surface area contributed by atoms with Crippen LogP contribution in [-0.4, -0.2) is 24.9 Å². The van der Waals surface area contributed by atoms with E-state index in [4.69, 9.17) is 0 Å². The van der Waals surface area contributed by atoms with Gasteiger partial charge in [-0.2, -0.15) is 0 Å². The van der Waals surface area contributed by atoms with Crippen LogP contribution in [0.2, 0.25) is 0 Å². The molecule has 2 N–H and O–H groups in total. The molecular weight excluding hydrogens is 434 g/mol. The largest absolute Gasteiger partial charge is 0.355 e. The van der Waals surface area contributed by atoms with E-state index in [2.05, 4.69) is 55.3 Å². The average molecular weight is 453 g/mol. The molecule has 6 rings (SSSR count). The van der Waals surface area contributed by atoms with Gasteiger partial charge in [-0.3, -0.25) is 4.98 Å². The van der Waals surface area contributed by atoms with Crippen molar-refractivity contribution in [3.8, 4) is 0 Å². The van der Waals surface area contributed by atoms with Crippen molar-refractivity contribution in [3.05, 3.63) is 102 Å². The molecule has 2 aliphatic rings. The average Bonchev–Trinajstić information content (AvgIpc) is 3.56. The molecule has 5 nitrogen and oxygen atoms in total.